The number of benzene rings is 1. The van der Waals surface area contributed by atoms with Gasteiger partial charge in [0.1, 0.15) is 12.4 Å². The van der Waals surface area contributed by atoms with Crippen molar-refractivity contribution in [1.82, 2.24) is 14.5 Å². The van der Waals surface area contributed by atoms with E-state index in [1.165, 1.54) is 15.9 Å². The van der Waals surface area contributed by atoms with E-state index < -0.39 is 0 Å². The van der Waals surface area contributed by atoms with Crippen molar-refractivity contribution in [2.24, 2.45) is 5.41 Å². The number of nitrogens with one attached hydrogen (secondary N) is 1. The molecule has 0 saturated heterocycles. The maximum absolute atomic E-state index is 12.7. The topological polar surface area (TPSA) is 93.9 Å². The molecule has 0 saturated carbocycles. The van der Waals surface area contributed by atoms with Crippen molar-refractivity contribution in [3.63, 3.8) is 0 Å². The number of carbonyl (C=O) groups is 2. The van der Waals surface area contributed by atoms with E-state index in [0.29, 0.717) is 39.6 Å². The van der Waals surface area contributed by atoms with Crippen LogP contribution in [0.15, 0.2) is 29.1 Å². The lowest BCUT2D eigenvalue weighted by molar-refractivity contribution is -0.116. The Balaban J connectivity index is 1.57. The molecule has 1 aromatic carbocycles. The van der Waals surface area contributed by atoms with Gasteiger partial charge in [-0.3, -0.25) is 19.0 Å². The summed E-state index contributed by atoms with van der Waals surface area (Å²) in [4.78, 5) is 47.0. The highest BCUT2D eigenvalue weighted by molar-refractivity contribution is 7.17. The minimum absolute atomic E-state index is 0.0649. The average molecular weight is 396 g/mol. The van der Waals surface area contributed by atoms with Crippen LogP contribution in [0.1, 0.15) is 41.5 Å². The van der Waals surface area contributed by atoms with Crippen LogP contribution in [0.2, 0.25) is 0 Å². The Morgan fingerprint density at radius 1 is 1.21 bits per heavy atom. The average Bonchev–Trinajstić information content (AvgIpc) is 3.00. The number of aromatic nitrogens is 3. The molecule has 1 aliphatic carbocycles. The Bertz CT molecular complexity index is 1180. The molecule has 2 heterocycles. The van der Waals surface area contributed by atoms with Crippen LogP contribution in [-0.2, 0) is 17.8 Å². The van der Waals surface area contributed by atoms with E-state index in [0.717, 1.165) is 5.69 Å². The molecule has 0 unspecified atom stereocenters. The monoisotopic (exact) mass is 396 g/mol. The van der Waals surface area contributed by atoms with Crippen molar-refractivity contribution in [2.75, 3.05) is 5.32 Å². The van der Waals surface area contributed by atoms with E-state index in [9.17, 15) is 14.4 Å². The summed E-state index contributed by atoms with van der Waals surface area (Å²) in [6, 6.07) is 7.05. The SMILES string of the molecule is Cc1nc2ccccc2c(=O)n1CC(=O)Nc1nc2c(s1)C(=O)CC(C)(C)C2. The molecule has 4 rings (SSSR count). The van der Waals surface area contributed by atoms with Crippen LogP contribution < -0.4 is 10.9 Å². The summed E-state index contributed by atoms with van der Waals surface area (Å²) in [6.45, 7) is 5.61. The minimum Gasteiger partial charge on any atom is -0.300 e. The van der Waals surface area contributed by atoms with Crippen molar-refractivity contribution >= 4 is 39.1 Å². The zero-order valence-corrected chi connectivity index (χ0v) is 16.7. The van der Waals surface area contributed by atoms with Crippen LogP contribution in [0.25, 0.3) is 10.9 Å². The number of hydrogen-bond acceptors (Lipinski definition) is 6. The zero-order valence-electron chi connectivity index (χ0n) is 15.9. The third-order valence-corrected chi connectivity index (χ3v) is 5.89. The Kier molecular flexibility index (Phi) is 4.38. The third-order valence-electron chi connectivity index (χ3n) is 4.84. The van der Waals surface area contributed by atoms with Crippen molar-refractivity contribution in [3.05, 3.63) is 51.0 Å². The maximum atomic E-state index is 12.7. The van der Waals surface area contributed by atoms with Crippen molar-refractivity contribution < 1.29 is 9.59 Å². The molecule has 7 nitrogen and oxygen atoms in total. The number of thiazole rings is 1. The highest BCUT2D eigenvalue weighted by Gasteiger charge is 2.34. The van der Waals surface area contributed by atoms with E-state index in [2.05, 4.69) is 15.3 Å². The van der Waals surface area contributed by atoms with Gasteiger partial charge in [-0.15, -0.1) is 0 Å². The van der Waals surface area contributed by atoms with Gasteiger partial charge < -0.3 is 5.32 Å². The first-order valence-corrected chi connectivity index (χ1v) is 9.84. The molecular weight excluding hydrogens is 376 g/mol. The standard InChI is InChI=1S/C20H20N4O3S/c1-11-21-13-7-5-4-6-12(13)18(27)24(11)10-16(26)23-19-22-14-8-20(2,3)9-15(25)17(14)28-19/h4-7H,8-10H2,1-3H3,(H,22,23,26). The summed E-state index contributed by atoms with van der Waals surface area (Å²) in [5.74, 6) is 0.157. The van der Waals surface area contributed by atoms with E-state index in [1.54, 1.807) is 25.1 Å². The molecule has 1 aliphatic rings. The van der Waals surface area contributed by atoms with Crippen molar-refractivity contribution in [1.29, 1.82) is 0 Å². The van der Waals surface area contributed by atoms with Crippen LogP contribution in [0.4, 0.5) is 5.13 Å². The summed E-state index contributed by atoms with van der Waals surface area (Å²) in [5, 5.41) is 3.59. The predicted molar refractivity (Wildman–Crippen MR) is 108 cm³/mol. The molecule has 0 fully saturated rings. The first kappa shape index (κ1) is 18.5. The predicted octanol–water partition coefficient (Wildman–Crippen LogP) is 2.96. The quantitative estimate of drug-likeness (QED) is 0.735. The molecule has 144 valence electrons. The van der Waals surface area contributed by atoms with Crippen LogP contribution >= 0.6 is 11.3 Å². The second kappa shape index (κ2) is 6.63. The molecule has 1 amide bonds. The van der Waals surface area contributed by atoms with E-state index in [-0.39, 0.29) is 29.2 Å². The lowest BCUT2D eigenvalue weighted by Crippen LogP contribution is -2.30. The maximum Gasteiger partial charge on any atom is 0.261 e. The Morgan fingerprint density at radius 3 is 2.75 bits per heavy atom. The van der Waals surface area contributed by atoms with Crippen LogP contribution in [0.5, 0.6) is 0 Å². The number of rotatable bonds is 3. The number of hydrogen-bond donors (Lipinski definition) is 1. The number of carbonyl (C=O) groups excluding carboxylic acids is 2. The van der Waals surface area contributed by atoms with Gasteiger partial charge in [-0.25, -0.2) is 9.97 Å². The van der Waals surface area contributed by atoms with Gasteiger partial charge >= 0.3 is 0 Å². The smallest absolute Gasteiger partial charge is 0.261 e. The Labute approximate surface area is 165 Å². The fourth-order valence-corrected chi connectivity index (χ4v) is 4.48. The van der Waals surface area contributed by atoms with Gasteiger partial charge in [0, 0.05) is 6.42 Å². The van der Waals surface area contributed by atoms with Crippen molar-refractivity contribution in [3.8, 4) is 0 Å². The number of para-hydroxylation sites is 1. The Hall–Kier alpha value is -2.87. The largest absolute Gasteiger partial charge is 0.300 e. The Morgan fingerprint density at radius 2 is 1.96 bits per heavy atom. The number of Topliss-reactive ketones (excluding diaryl/α,β-unsaturated/α-hetero) is 1. The second-order valence-corrected chi connectivity index (χ2v) is 8.85. The highest BCUT2D eigenvalue weighted by atomic mass is 32.1. The molecular formula is C20H20N4O3S. The molecule has 0 atom stereocenters. The van der Waals surface area contributed by atoms with E-state index in [1.807, 2.05) is 19.9 Å². The molecule has 0 bridgehead atoms. The summed E-state index contributed by atoms with van der Waals surface area (Å²) >= 11 is 1.20. The van der Waals surface area contributed by atoms with E-state index in [4.69, 9.17) is 0 Å². The number of nitrogens with zero attached hydrogens (tertiary/aromatic N) is 3. The molecule has 0 spiro atoms. The summed E-state index contributed by atoms with van der Waals surface area (Å²) in [6.07, 6.45) is 1.18. The first-order chi connectivity index (χ1) is 13.2. The fraction of sp³-hybridized carbons (Fsp3) is 0.350. The number of aryl methyl sites for hydroxylation is 1. The molecule has 1 N–H and O–H groups in total. The molecule has 8 heteroatoms. The van der Waals surface area contributed by atoms with Crippen LogP contribution in [0.3, 0.4) is 0 Å². The third kappa shape index (κ3) is 3.35. The van der Waals surface area contributed by atoms with Gasteiger partial charge in [-0.05, 0) is 30.9 Å². The summed E-state index contributed by atoms with van der Waals surface area (Å²) in [5.41, 5.74) is 0.965. The lowest BCUT2D eigenvalue weighted by Gasteiger charge is -2.26. The number of fused-ring (bicyclic) bond motifs is 2. The summed E-state index contributed by atoms with van der Waals surface area (Å²) < 4.78 is 1.35. The highest BCUT2D eigenvalue weighted by Crippen LogP contribution is 2.38. The van der Waals surface area contributed by atoms with Crippen molar-refractivity contribution in [2.45, 2.75) is 40.2 Å². The molecule has 28 heavy (non-hydrogen) atoms. The number of amides is 1. The molecule has 0 radical (unpaired) electrons. The molecule has 0 aliphatic heterocycles. The zero-order chi connectivity index (χ0) is 20.1. The lowest BCUT2D eigenvalue weighted by atomic mass is 9.78. The van der Waals surface area contributed by atoms with Gasteiger partial charge in [-0.2, -0.15) is 0 Å². The van der Waals surface area contributed by atoms with Crippen LogP contribution in [0, 0.1) is 12.3 Å². The van der Waals surface area contributed by atoms with Gasteiger partial charge in [0.05, 0.1) is 21.5 Å². The number of ketones is 1. The van der Waals surface area contributed by atoms with Crippen LogP contribution in [-0.4, -0.2) is 26.2 Å². The second-order valence-electron chi connectivity index (χ2n) is 7.85. The number of anilines is 1. The van der Waals surface area contributed by atoms with Gasteiger partial charge in [0.15, 0.2) is 10.9 Å². The van der Waals surface area contributed by atoms with Gasteiger partial charge in [-0.1, -0.05) is 37.3 Å². The summed E-state index contributed by atoms with van der Waals surface area (Å²) in [7, 11) is 0. The fourth-order valence-electron chi connectivity index (χ4n) is 3.54. The first-order valence-electron chi connectivity index (χ1n) is 9.02. The van der Waals surface area contributed by atoms with E-state index >= 15 is 0 Å². The van der Waals surface area contributed by atoms with Gasteiger partial charge in [0.25, 0.3) is 5.56 Å². The van der Waals surface area contributed by atoms with Gasteiger partial charge in [0.2, 0.25) is 5.91 Å². The molecule has 3 aromatic rings. The molecule has 2 aromatic heterocycles. The minimum atomic E-state index is -0.375. The normalized spacial score (nSPS) is 15.5.